The number of carbonyl (C=O) groups is 1. The molecule has 1 unspecified atom stereocenters. The van der Waals surface area contributed by atoms with Crippen molar-refractivity contribution >= 4 is 28.5 Å². The van der Waals surface area contributed by atoms with E-state index < -0.39 is 0 Å². The van der Waals surface area contributed by atoms with E-state index in [2.05, 4.69) is 12.2 Å². The van der Waals surface area contributed by atoms with Crippen LogP contribution in [0.15, 0.2) is 33.5 Å². The summed E-state index contributed by atoms with van der Waals surface area (Å²) in [4.78, 5) is 26.0. The predicted octanol–water partition coefficient (Wildman–Crippen LogP) is 2.02. The van der Waals surface area contributed by atoms with Gasteiger partial charge in [-0.2, -0.15) is 0 Å². The van der Waals surface area contributed by atoms with Gasteiger partial charge in [0.25, 0.3) is 5.91 Å². The van der Waals surface area contributed by atoms with Crippen LogP contribution in [0.25, 0.3) is 11.0 Å². The van der Waals surface area contributed by atoms with Crippen LogP contribution in [0.5, 0.6) is 0 Å². The summed E-state index contributed by atoms with van der Waals surface area (Å²) in [7, 11) is 0. The number of benzene rings is 1. The number of halogens is 1. The lowest BCUT2D eigenvalue weighted by molar-refractivity contribution is -0.928. The third-order valence-corrected chi connectivity index (χ3v) is 5.19. The largest absolute Gasteiger partial charge is 0.451 e. The highest BCUT2D eigenvalue weighted by atomic mass is 35.5. The van der Waals surface area contributed by atoms with Crippen molar-refractivity contribution in [3.8, 4) is 0 Å². The van der Waals surface area contributed by atoms with Crippen molar-refractivity contribution in [1.82, 2.24) is 5.32 Å². The van der Waals surface area contributed by atoms with Gasteiger partial charge in [0.2, 0.25) is 0 Å². The van der Waals surface area contributed by atoms with E-state index >= 15 is 0 Å². The fourth-order valence-electron chi connectivity index (χ4n) is 3.47. The van der Waals surface area contributed by atoms with Crippen molar-refractivity contribution in [2.24, 2.45) is 0 Å². The molecule has 1 amide bonds. The first kappa shape index (κ1) is 18.0. The minimum atomic E-state index is -0.351. The van der Waals surface area contributed by atoms with Gasteiger partial charge in [-0.05, 0) is 44.4 Å². The van der Waals surface area contributed by atoms with Crippen molar-refractivity contribution in [1.29, 1.82) is 0 Å². The smallest absolute Gasteiger partial charge is 0.287 e. The van der Waals surface area contributed by atoms with E-state index in [1.165, 1.54) is 31.9 Å². The molecule has 0 aliphatic carbocycles. The first-order valence-electron chi connectivity index (χ1n) is 8.91. The first-order valence-corrected chi connectivity index (χ1v) is 9.28. The summed E-state index contributed by atoms with van der Waals surface area (Å²) >= 11 is 5.89. The van der Waals surface area contributed by atoms with E-state index in [1.54, 1.807) is 23.1 Å². The second-order valence-corrected chi connectivity index (χ2v) is 7.22. The molecule has 0 spiro atoms. The Morgan fingerprint density at radius 2 is 2.20 bits per heavy atom. The Morgan fingerprint density at radius 3 is 3.00 bits per heavy atom. The van der Waals surface area contributed by atoms with Crippen LogP contribution in [0.4, 0.5) is 0 Å². The number of hydrogen-bond donors (Lipinski definition) is 2. The van der Waals surface area contributed by atoms with Crippen molar-refractivity contribution in [3.63, 3.8) is 0 Å². The number of carbonyl (C=O) groups excluding carboxylic acids is 1. The average molecular weight is 364 g/mol. The number of nitrogens with one attached hydrogen (secondary N) is 2. The Kier molecular flexibility index (Phi) is 5.76. The Morgan fingerprint density at radius 1 is 1.36 bits per heavy atom. The molecule has 0 radical (unpaired) electrons. The number of piperidine rings is 1. The molecule has 1 aromatic carbocycles. The molecule has 1 fully saturated rings. The van der Waals surface area contributed by atoms with E-state index in [9.17, 15) is 9.59 Å². The summed E-state index contributed by atoms with van der Waals surface area (Å²) < 4.78 is 5.55. The third-order valence-electron chi connectivity index (χ3n) is 4.96. The van der Waals surface area contributed by atoms with Gasteiger partial charge in [0.05, 0.1) is 24.5 Å². The van der Waals surface area contributed by atoms with Crippen LogP contribution in [0, 0.1) is 0 Å². The maximum Gasteiger partial charge on any atom is 0.287 e. The standard InChI is InChI=1S/C19H23ClN2O3/c1-13-5-2-3-9-22(13)10-4-8-21-19(24)18-12-16(23)15-11-14(20)6-7-17(15)25-18/h6-7,11-13H,2-5,8-10H2,1H3,(H,21,24)/p+1/t13-/m0/s1. The van der Waals surface area contributed by atoms with E-state index in [4.69, 9.17) is 16.0 Å². The van der Waals surface area contributed by atoms with Crippen molar-refractivity contribution in [2.75, 3.05) is 19.6 Å². The van der Waals surface area contributed by atoms with Gasteiger partial charge in [0.1, 0.15) is 5.58 Å². The first-order chi connectivity index (χ1) is 12.0. The van der Waals surface area contributed by atoms with Gasteiger partial charge in [-0.3, -0.25) is 9.59 Å². The molecule has 2 atom stereocenters. The minimum absolute atomic E-state index is 0.0403. The predicted molar refractivity (Wildman–Crippen MR) is 98.5 cm³/mol. The van der Waals surface area contributed by atoms with E-state index in [-0.39, 0.29) is 17.1 Å². The lowest BCUT2D eigenvalue weighted by Crippen LogP contribution is -3.16. The normalized spacial score (nSPS) is 20.6. The van der Waals surface area contributed by atoms with E-state index in [0.29, 0.717) is 28.6 Å². The Labute approximate surface area is 151 Å². The van der Waals surface area contributed by atoms with Gasteiger partial charge in [-0.15, -0.1) is 0 Å². The quantitative estimate of drug-likeness (QED) is 0.799. The highest BCUT2D eigenvalue weighted by Crippen LogP contribution is 2.17. The molecule has 1 saturated heterocycles. The molecule has 0 bridgehead atoms. The summed E-state index contributed by atoms with van der Waals surface area (Å²) in [5.74, 6) is -0.311. The highest BCUT2D eigenvalue weighted by molar-refractivity contribution is 6.31. The molecule has 134 valence electrons. The van der Waals surface area contributed by atoms with Crippen LogP contribution in [-0.4, -0.2) is 31.6 Å². The number of hydrogen-bond acceptors (Lipinski definition) is 3. The molecule has 3 rings (SSSR count). The van der Waals surface area contributed by atoms with Crippen LogP contribution in [0.1, 0.15) is 43.2 Å². The summed E-state index contributed by atoms with van der Waals surface area (Å²) in [5.41, 5.74) is 0.106. The summed E-state index contributed by atoms with van der Waals surface area (Å²) in [6, 6.07) is 6.72. The topological polar surface area (TPSA) is 63.8 Å². The summed E-state index contributed by atoms with van der Waals surface area (Å²) in [5, 5.41) is 3.69. The molecule has 1 aliphatic heterocycles. The van der Waals surface area contributed by atoms with Crippen LogP contribution in [-0.2, 0) is 0 Å². The second-order valence-electron chi connectivity index (χ2n) is 6.78. The molecular formula is C19H24ClN2O3+. The van der Waals surface area contributed by atoms with E-state index in [1.807, 2.05) is 0 Å². The van der Waals surface area contributed by atoms with E-state index in [0.717, 1.165) is 13.0 Å². The number of quaternary nitrogens is 1. The molecule has 1 aromatic heterocycles. The molecule has 2 N–H and O–H groups in total. The SMILES string of the molecule is C[C@H]1CCCC[NH+]1CCCNC(=O)c1cc(=O)c2cc(Cl)ccc2o1. The zero-order valence-electron chi connectivity index (χ0n) is 14.4. The van der Waals surface area contributed by atoms with Crippen molar-refractivity contribution < 1.29 is 14.1 Å². The zero-order valence-corrected chi connectivity index (χ0v) is 15.2. The van der Waals surface area contributed by atoms with Gasteiger partial charge in [0.15, 0.2) is 11.2 Å². The summed E-state index contributed by atoms with van der Waals surface area (Å²) in [6.45, 7) is 5.15. The monoisotopic (exact) mass is 363 g/mol. The third kappa shape index (κ3) is 4.41. The Hall–Kier alpha value is -1.85. The lowest BCUT2D eigenvalue weighted by atomic mass is 10.0. The van der Waals surface area contributed by atoms with Gasteiger partial charge in [0, 0.05) is 24.1 Å². The molecule has 25 heavy (non-hydrogen) atoms. The van der Waals surface area contributed by atoms with Crippen LogP contribution in [0.2, 0.25) is 5.02 Å². The maximum atomic E-state index is 12.2. The number of amides is 1. The number of rotatable bonds is 5. The molecule has 2 heterocycles. The second kappa shape index (κ2) is 8.02. The highest BCUT2D eigenvalue weighted by Gasteiger charge is 2.21. The lowest BCUT2D eigenvalue weighted by Gasteiger charge is -2.30. The van der Waals surface area contributed by atoms with Crippen LogP contribution in [0.3, 0.4) is 0 Å². The maximum absolute atomic E-state index is 12.2. The Bertz CT molecular complexity index is 818. The van der Waals surface area contributed by atoms with Gasteiger partial charge < -0.3 is 14.6 Å². The Balaban J connectivity index is 1.57. The van der Waals surface area contributed by atoms with Crippen LogP contribution >= 0.6 is 11.6 Å². The van der Waals surface area contributed by atoms with Gasteiger partial charge >= 0.3 is 0 Å². The van der Waals surface area contributed by atoms with Gasteiger partial charge in [-0.25, -0.2) is 0 Å². The molecule has 6 heteroatoms. The fraction of sp³-hybridized carbons (Fsp3) is 0.474. The van der Waals surface area contributed by atoms with Crippen LogP contribution < -0.4 is 15.6 Å². The average Bonchev–Trinajstić information content (AvgIpc) is 2.60. The zero-order chi connectivity index (χ0) is 17.8. The van der Waals surface area contributed by atoms with Crippen molar-refractivity contribution in [3.05, 3.63) is 45.3 Å². The van der Waals surface area contributed by atoms with Gasteiger partial charge in [-0.1, -0.05) is 11.6 Å². The summed E-state index contributed by atoms with van der Waals surface area (Å²) in [6.07, 6.45) is 4.82. The molecule has 1 aliphatic rings. The molecule has 5 nitrogen and oxygen atoms in total. The minimum Gasteiger partial charge on any atom is -0.451 e. The molecular weight excluding hydrogens is 340 g/mol. The van der Waals surface area contributed by atoms with Crippen molar-refractivity contribution in [2.45, 2.75) is 38.6 Å². The fourth-order valence-corrected chi connectivity index (χ4v) is 3.64. The number of likely N-dealkylation sites (tertiary alicyclic amines) is 1. The number of fused-ring (bicyclic) bond motifs is 1. The molecule has 2 aromatic rings. The molecule has 0 saturated carbocycles.